The normalized spacial score (nSPS) is 17.1. The Balaban J connectivity index is 1.62. The molecule has 162 valence electrons. The van der Waals surface area contributed by atoms with E-state index in [1.165, 1.54) is 4.90 Å². The van der Waals surface area contributed by atoms with Gasteiger partial charge in [-0.2, -0.15) is 5.10 Å². The number of rotatable bonds is 7. The first-order chi connectivity index (χ1) is 14.5. The molecule has 1 unspecified atom stereocenters. The van der Waals surface area contributed by atoms with Crippen molar-refractivity contribution >= 4 is 23.6 Å². The lowest BCUT2D eigenvalue weighted by Gasteiger charge is -2.35. The summed E-state index contributed by atoms with van der Waals surface area (Å²) in [5.41, 5.74) is 1.05. The van der Waals surface area contributed by atoms with Gasteiger partial charge in [-0.1, -0.05) is 18.2 Å². The number of nitrogens with one attached hydrogen (secondary N) is 1. The Kier molecular flexibility index (Phi) is 8.15. The maximum Gasteiger partial charge on any atom is 0.243 e. The van der Waals surface area contributed by atoms with Crippen LogP contribution < -0.4 is 5.32 Å². The van der Waals surface area contributed by atoms with E-state index in [9.17, 15) is 4.79 Å². The topological polar surface area (TPSA) is 75.0 Å². The van der Waals surface area contributed by atoms with E-state index in [1.807, 2.05) is 37.6 Å². The Morgan fingerprint density at radius 1 is 1.37 bits per heavy atom. The van der Waals surface area contributed by atoms with Crippen LogP contribution >= 0.6 is 11.8 Å². The largest absolute Gasteiger partial charge is 0.370 e. The molecule has 9 heteroatoms. The third kappa shape index (κ3) is 6.50. The van der Waals surface area contributed by atoms with Crippen LogP contribution in [0.4, 0.5) is 0 Å². The number of hydrogen-bond acceptors (Lipinski definition) is 5. The molecule has 1 aromatic carbocycles. The Labute approximate surface area is 182 Å². The minimum absolute atomic E-state index is 0.0231. The van der Waals surface area contributed by atoms with Gasteiger partial charge < -0.3 is 19.9 Å². The predicted molar refractivity (Wildman–Crippen MR) is 120 cm³/mol. The summed E-state index contributed by atoms with van der Waals surface area (Å²) in [6.45, 7) is 2.87. The van der Waals surface area contributed by atoms with Gasteiger partial charge in [0.1, 0.15) is 12.6 Å². The van der Waals surface area contributed by atoms with Crippen LogP contribution in [0.5, 0.6) is 0 Å². The van der Waals surface area contributed by atoms with Gasteiger partial charge in [0.15, 0.2) is 5.96 Å². The smallest absolute Gasteiger partial charge is 0.243 e. The lowest BCUT2D eigenvalue weighted by Crippen LogP contribution is -2.49. The highest BCUT2D eigenvalue weighted by atomic mass is 32.2. The predicted octanol–water partition coefficient (Wildman–Crippen LogP) is 1.62. The molecule has 1 N–H and O–H groups in total. The van der Waals surface area contributed by atoms with Gasteiger partial charge in [-0.3, -0.25) is 9.48 Å². The Morgan fingerprint density at radius 3 is 2.87 bits per heavy atom. The average molecular weight is 431 g/mol. The van der Waals surface area contributed by atoms with Gasteiger partial charge in [0, 0.05) is 56.6 Å². The lowest BCUT2D eigenvalue weighted by molar-refractivity contribution is -0.127. The number of aryl methyl sites for hydroxylation is 1. The number of morpholine rings is 1. The maximum atomic E-state index is 12.1. The first-order valence-corrected chi connectivity index (χ1v) is 11.0. The van der Waals surface area contributed by atoms with Gasteiger partial charge in [0.05, 0.1) is 19.3 Å². The van der Waals surface area contributed by atoms with Crippen molar-refractivity contribution in [3.63, 3.8) is 0 Å². The van der Waals surface area contributed by atoms with E-state index in [0.29, 0.717) is 13.2 Å². The van der Waals surface area contributed by atoms with Crippen LogP contribution in [-0.2, 0) is 16.6 Å². The second-order valence-corrected chi connectivity index (χ2v) is 8.44. The highest BCUT2D eigenvalue weighted by Crippen LogP contribution is 2.22. The van der Waals surface area contributed by atoms with E-state index >= 15 is 0 Å². The van der Waals surface area contributed by atoms with E-state index in [-0.39, 0.29) is 18.6 Å². The molecule has 2 heterocycles. The number of likely N-dealkylation sites (N-methyl/N-ethyl adjacent to an activating group) is 1. The molecule has 1 aliphatic rings. The maximum absolute atomic E-state index is 12.1. The number of amides is 1. The van der Waals surface area contributed by atoms with Crippen molar-refractivity contribution < 1.29 is 9.53 Å². The van der Waals surface area contributed by atoms with Crippen LogP contribution in [0.2, 0.25) is 0 Å². The van der Waals surface area contributed by atoms with Gasteiger partial charge >= 0.3 is 0 Å². The molecule has 30 heavy (non-hydrogen) atoms. The van der Waals surface area contributed by atoms with Crippen LogP contribution in [0.25, 0.3) is 0 Å². The van der Waals surface area contributed by atoms with Gasteiger partial charge in [-0.25, -0.2) is 4.99 Å². The van der Waals surface area contributed by atoms with Crippen molar-refractivity contribution in [2.45, 2.75) is 11.0 Å². The molecular weight excluding hydrogens is 400 g/mol. The van der Waals surface area contributed by atoms with Gasteiger partial charge in [0.2, 0.25) is 5.91 Å². The number of carbonyl (C=O) groups is 1. The summed E-state index contributed by atoms with van der Waals surface area (Å²) in [7, 11) is 5.39. The number of aliphatic imine (C=N–C) groups is 1. The standard InChI is InChI=1S/C21H30N6O2S/c1-25(2)20(28)14-23-21(22-9-12-30-18-7-5-4-6-8-18)27-10-11-29-19(16-27)17-13-24-26(3)15-17/h4-8,13,15,19H,9-12,14,16H2,1-3H3,(H,22,23). The van der Waals surface area contributed by atoms with Gasteiger partial charge in [0.25, 0.3) is 0 Å². The Bertz CT molecular complexity index is 839. The molecule has 3 rings (SSSR count). The number of hydrogen-bond donors (Lipinski definition) is 1. The van der Waals surface area contributed by atoms with Crippen LogP contribution in [0.3, 0.4) is 0 Å². The minimum atomic E-state index is -0.0669. The van der Waals surface area contributed by atoms with E-state index in [1.54, 1.807) is 35.4 Å². The van der Waals surface area contributed by atoms with Crippen molar-refractivity contribution in [3.8, 4) is 0 Å². The summed E-state index contributed by atoms with van der Waals surface area (Å²) >= 11 is 1.79. The molecule has 1 saturated heterocycles. The number of thioether (sulfide) groups is 1. The van der Waals surface area contributed by atoms with Crippen LogP contribution in [0.1, 0.15) is 11.7 Å². The molecule has 1 aliphatic heterocycles. The van der Waals surface area contributed by atoms with Crippen molar-refractivity contribution in [2.75, 3.05) is 52.6 Å². The molecule has 2 aromatic rings. The van der Waals surface area contributed by atoms with E-state index in [2.05, 4.69) is 32.4 Å². The fraction of sp³-hybridized carbons (Fsp3) is 0.476. The Morgan fingerprint density at radius 2 is 2.17 bits per heavy atom. The molecule has 0 radical (unpaired) electrons. The van der Waals surface area contributed by atoms with E-state index in [0.717, 1.165) is 30.4 Å². The minimum Gasteiger partial charge on any atom is -0.370 e. The highest BCUT2D eigenvalue weighted by Gasteiger charge is 2.25. The number of carbonyl (C=O) groups excluding carboxylic acids is 1. The number of aromatic nitrogens is 2. The van der Waals surface area contributed by atoms with Crippen molar-refractivity contribution in [3.05, 3.63) is 48.3 Å². The summed E-state index contributed by atoms with van der Waals surface area (Å²) in [5, 5.41) is 7.69. The van der Waals surface area contributed by atoms with Gasteiger partial charge in [-0.15, -0.1) is 11.8 Å². The first kappa shape index (κ1) is 22.2. The molecule has 0 spiro atoms. The second kappa shape index (κ2) is 11.0. The second-order valence-electron chi connectivity index (χ2n) is 7.27. The fourth-order valence-corrected chi connectivity index (χ4v) is 3.84. The van der Waals surface area contributed by atoms with E-state index < -0.39 is 0 Å². The molecule has 1 fully saturated rings. The van der Waals surface area contributed by atoms with Crippen molar-refractivity contribution in [2.24, 2.45) is 12.0 Å². The van der Waals surface area contributed by atoms with Gasteiger partial charge in [-0.05, 0) is 12.1 Å². The quantitative estimate of drug-likeness (QED) is 0.311. The summed E-state index contributed by atoms with van der Waals surface area (Å²) in [6, 6.07) is 10.3. The zero-order valence-electron chi connectivity index (χ0n) is 17.8. The molecule has 8 nitrogen and oxygen atoms in total. The monoisotopic (exact) mass is 430 g/mol. The highest BCUT2D eigenvalue weighted by molar-refractivity contribution is 7.99. The van der Waals surface area contributed by atoms with Crippen molar-refractivity contribution in [1.29, 1.82) is 0 Å². The number of ether oxygens (including phenoxy) is 1. The van der Waals surface area contributed by atoms with E-state index in [4.69, 9.17) is 4.74 Å². The number of nitrogens with zero attached hydrogens (tertiary/aromatic N) is 5. The summed E-state index contributed by atoms with van der Waals surface area (Å²) in [4.78, 5) is 21.6. The SMILES string of the molecule is CN(C)C(=O)CN=C(NCCSc1ccccc1)N1CCOC(c2cnn(C)c2)C1. The molecule has 1 amide bonds. The number of guanidine groups is 1. The molecule has 1 aromatic heterocycles. The van der Waals surface area contributed by atoms with Crippen LogP contribution in [-0.4, -0.2) is 84.1 Å². The summed E-state index contributed by atoms with van der Waals surface area (Å²) in [5.74, 6) is 1.63. The first-order valence-electron chi connectivity index (χ1n) is 10.0. The Hall–Kier alpha value is -2.52. The average Bonchev–Trinajstić information content (AvgIpc) is 3.20. The number of benzene rings is 1. The molecule has 1 atom stereocenters. The summed E-state index contributed by atoms with van der Waals surface area (Å²) < 4.78 is 7.73. The third-order valence-corrected chi connectivity index (χ3v) is 5.74. The molecule has 0 aliphatic carbocycles. The lowest BCUT2D eigenvalue weighted by atomic mass is 10.1. The molecule has 0 bridgehead atoms. The van der Waals surface area contributed by atoms with Crippen LogP contribution in [0, 0.1) is 0 Å². The molecular formula is C21H30N6O2S. The van der Waals surface area contributed by atoms with Crippen LogP contribution in [0.15, 0.2) is 52.6 Å². The fourth-order valence-electron chi connectivity index (χ4n) is 3.05. The summed E-state index contributed by atoms with van der Waals surface area (Å²) in [6.07, 6.45) is 3.75. The zero-order chi connectivity index (χ0) is 21.3. The molecule has 0 saturated carbocycles. The zero-order valence-corrected chi connectivity index (χ0v) is 18.6. The van der Waals surface area contributed by atoms with Crippen molar-refractivity contribution in [1.82, 2.24) is 24.9 Å². The third-order valence-electron chi connectivity index (χ3n) is 4.72.